The first kappa shape index (κ1) is 14.5. The van der Waals surface area contributed by atoms with Crippen LogP contribution in [0.15, 0.2) is 36.9 Å². The normalized spacial score (nSPS) is 11.0. The highest BCUT2D eigenvalue weighted by molar-refractivity contribution is 5.91. The molecule has 5 nitrogen and oxygen atoms in total. The number of para-hydroxylation sites is 1. The fourth-order valence-electron chi connectivity index (χ4n) is 2.75. The summed E-state index contributed by atoms with van der Waals surface area (Å²) in [4.78, 5) is 15.3. The highest BCUT2D eigenvalue weighted by Crippen LogP contribution is 2.24. The summed E-state index contributed by atoms with van der Waals surface area (Å²) in [6, 6.07) is 6.24. The molecule has 22 heavy (non-hydrogen) atoms. The summed E-state index contributed by atoms with van der Waals surface area (Å²) >= 11 is 0. The molecule has 2 aromatic heterocycles. The van der Waals surface area contributed by atoms with Crippen molar-refractivity contribution in [3.63, 3.8) is 0 Å². The standard InChI is InChI=1S/C17H21N5/c1-13-6-4-7-15-16(13)19-12-20-17(15)21(3)9-5-10-22-11-8-18-14(22)2/h4,6-8,11-12H,5,9-10H2,1-3H3. The summed E-state index contributed by atoms with van der Waals surface area (Å²) in [7, 11) is 2.09. The number of aromatic nitrogens is 4. The second kappa shape index (κ2) is 6.13. The van der Waals surface area contributed by atoms with E-state index in [9.17, 15) is 0 Å². The topological polar surface area (TPSA) is 46.8 Å². The van der Waals surface area contributed by atoms with Gasteiger partial charge in [0.2, 0.25) is 0 Å². The van der Waals surface area contributed by atoms with E-state index in [-0.39, 0.29) is 0 Å². The number of benzene rings is 1. The Labute approximate surface area is 130 Å². The number of hydrogen-bond acceptors (Lipinski definition) is 4. The number of rotatable bonds is 5. The first-order chi connectivity index (χ1) is 10.7. The number of hydrogen-bond donors (Lipinski definition) is 0. The maximum absolute atomic E-state index is 4.48. The van der Waals surface area contributed by atoms with E-state index in [0.29, 0.717) is 0 Å². The summed E-state index contributed by atoms with van der Waals surface area (Å²) in [5.74, 6) is 2.06. The van der Waals surface area contributed by atoms with Crippen molar-refractivity contribution in [3.05, 3.63) is 48.3 Å². The number of anilines is 1. The molecule has 0 spiro atoms. The number of nitrogens with zero attached hydrogens (tertiary/aromatic N) is 5. The molecule has 0 atom stereocenters. The molecular formula is C17H21N5. The van der Waals surface area contributed by atoms with Crippen molar-refractivity contribution >= 4 is 16.7 Å². The molecule has 0 unspecified atom stereocenters. The van der Waals surface area contributed by atoms with Crippen LogP contribution in [0.4, 0.5) is 5.82 Å². The summed E-state index contributed by atoms with van der Waals surface area (Å²) in [6.07, 6.45) is 6.57. The Morgan fingerprint density at radius 2 is 2.00 bits per heavy atom. The lowest BCUT2D eigenvalue weighted by Crippen LogP contribution is -2.21. The summed E-state index contributed by atoms with van der Waals surface area (Å²) < 4.78 is 2.18. The van der Waals surface area contributed by atoms with Crippen LogP contribution < -0.4 is 4.90 Å². The molecule has 0 saturated carbocycles. The van der Waals surface area contributed by atoms with Crippen LogP contribution in [0.5, 0.6) is 0 Å². The molecule has 0 saturated heterocycles. The van der Waals surface area contributed by atoms with Crippen LogP contribution >= 0.6 is 0 Å². The van der Waals surface area contributed by atoms with Gasteiger partial charge in [-0.25, -0.2) is 15.0 Å². The van der Waals surface area contributed by atoms with Gasteiger partial charge in [0.25, 0.3) is 0 Å². The zero-order chi connectivity index (χ0) is 15.5. The molecule has 0 aliphatic carbocycles. The molecule has 0 radical (unpaired) electrons. The first-order valence-electron chi connectivity index (χ1n) is 7.56. The highest BCUT2D eigenvalue weighted by Gasteiger charge is 2.09. The molecule has 0 N–H and O–H groups in total. The minimum absolute atomic E-state index is 0.942. The fraction of sp³-hybridized carbons (Fsp3) is 0.353. The van der Waals surface area contributed by atoms with Gasteiger partial charge in [-0.05, 0) is 31.9 Å². The van der Waals surface area contributed by atoms with Gasteiger partial charge in [0.1, 0.15) is 18.0 Å². The molecule has 3 rings (SSSR count). The Hall–Kier alpha value is -2.43. The van der Waals surface area contributed by atoms with Gasteiger partial charge in [-0.3, -0.25) is 0 Å². The van der Waals surface area contributed by atoms with Gasteiger partial charge in [-0.15, -0.1) is 0 Å². The number of imidazole rings is 1. The lowest BCUT2D eigenvalue weighted by Gasteiger charge is -2.20. The molecule has 0 aliphatic rings. The number of fused-ring (bicyclic) bond motifs is 1. The van der Waals surface area contributed by atoms with Crippen molar-refractivity contribution in [1.82, 2.24) is 19.5 Å². The van der Waals surface area contributed by atoms with E-state index in [2.05, 4.69) is 56.6 Å². The van der Waals surface area contributed by atoms with E-state index >= 15 is 0 Å². The maximum Gasteiger partial charge on any atom is 0.139 e. The van der Waals surface area contributed by atoms with Crippen LogP contribution in [-0.2, 0) is 6.54 Å². The Morgan fingerprint density at radius 1 is 1.14 bits per heavy atom. The zero-order valence-corrected chi connectivity index (χ0v) is 13.3. The fourth-order valence-corrected chi connectivity index (χ4v) is 2.75. The molecular weight excluding hydrogens is 274 g/mol. The SMILES string of the molecule is Cc1cccc2c(N(C)CCCn3ccnc3C)ncnc12. The van der Waals surface area contributed by atoms with Crippen LogP contribution in [0.2, 0.25) is 0 Å². The molecule has 0 amide bonds. The lowest BCUT2D eigenvalue weighted by atomic mass is 10.1. The third-order valence-electron chi connectivity index (χ3n) is 4.02. The second-order valence-corrected chi connectivity index (χ2v) is 5.61. The molecule has 0 aliphatic heterocycles. The van der Waals surface area contributed by atoms with Crippen LogP contribution in [0.1, 0.15) is 17.8 Å². The van der Waals surface area contributed by atoms with Crippen molar-refractivity contribution in [2.45, 2.75) is 26.8 Å². The Bertz CT molecular complexity index is 778. The Kier molecular flexibility index (Phi) is 4.04. The predicted molar refractivity (Wildman–Crippen MR) is 89.1 cm³/mol. The van der Waals surface area contributed by atoms with Gasteiger partial charge in [-0.2, -0.15) is 0 Å². The monoisotopic (exact) mass is 295 g/mol. The molecule has 3 aromatic rings. The molecule has 0 bridgehead atoms. The Balaban J connectivity index is 1.74. The van der Waals surface area contributed by atoms with E-state index in [1.807, 2.05) is 19.3 Å². The lowest BCUT2D eigenvalue weighted by molar-refractivity contribution is 0.621. The van der Waals surface area contributed by atoms with E-state index in [0.717, 1.165) is 42.1 Å². The second-order valence-electron chi connectivity index (χ2n) is 5.61. The molecule has 1 aromatic carbocycles. The smallest absolute Gasteiger partial charge is 0.139 e. The summed E-state index contributed by atoms with van der Waals surface area (Å²) in [5.41, 5.74) is 2.22. The van der Waals surface area contributed by atoms with Crippen LogP contribution in [-0.4, -0.2) is 33.1 Å². The van der Waals surface area contributed by atoms with Crippen molar-refractivity contribution < 1.29 is 0 Å². The van der Waals surface area contributed by atoms with E-state index in [1.165, 1.54) is 5.56 Å². The van der Waals surface area contributed by atoms with Crippen LogP contribution in [0.3, 0.4) is 0 Å². The average molecular weight is 295 g/mol. The third kappa shape index (κ3) is 2.79. The van der Waals surface area contributed by atoms with Gasteiger partial charge in [0.15, 0.2) is 0 Å². The van der Waals surface area contributed by atoms with Gasteiger partial charge in [0, 0.05) is 37.9 Å². The largest absolute Gasteiger partial charge is 0.359 e. The maximum atomic E-state index is 4.48. The van der Waals surface area contributed by atoms with Gasteiger partial charge < -0.3 is 9.47 Å². The van der Waals surface area contributed by atoms with Crippen molar-refractivity contribution in [3.8, 4) is 0 Å². The summed E-state index contributed by atoms with van der Waals surface area (Å²) in [6.45, 7) is 6.03. The predicted octanol–water partition coefficient (Wildman–Crippen LogP) is 2.97. The first-order valence-corrected chi connectivity index (χ1v) is 7.56. The van der Waals surface area contributed by atoms with Crippen molar-refractivity contribution in [2.75, 3.05) is 18.5 Å². The van der Waals surface area contributed by atoms with Gasteiger partial charge in [0.05, 0.1) is 5.52 Å². The highest BCUT2D eigenvalue weighted by atomic mass is 15.2. The molecule has 114 valence electrons. The molecule has 2 heterocycles. The minimum Gasteiger partial charge on any atom is -0.359 e. The summed E-state index contributed by atoms with van der Waals surface area (Å²) in [5, 5.41) is 1.11. The Morgan fingerprint density at radius 3 is 2.77 bits per heavy atom. The molecule has 5 heteroatoms. The van der Waals surface area contributed by atoms with Crippen molar-refractivity contribution in [1.29, 1.82) is 0 Å². The third-order valence-corrected chi connectivity index (χ3v) is 4.02. The van der Waals surface area contributed by atoms with Crippen molar-refractivity contribution in [2.24, 2.45) is 0 Å². The molecule has 0 fully saturated rings. The van der Waals surface area contributed by atoms with Gasteiger partial charge >= 0.3 is 0 Å². The van der Waals surface area contributed by atoms with Crippen LogP contribution in [0, 0.1) is 13.8 Å². The van der Waals surface area contributed by atoms with E-state index in [1.54, 1.807) is 6.33 Å². The van der Waals surface area contributed by atoms with E-state index < -0.39 is 0 Å². The van der Waals surface area contributed by atoms with Crippen LogP contribution in [0.25, 0.3) is 10.9 Å². The minimum atomic E-state index is 0.942. The van der Waals surface area contributed by atoms with Gasteiger partial charge in [-0.1, -0.05) is 12.1 Å². The average Bonchev–Trinajstić information content (AvgIpc) is 2.92. The zero-order valence-electron chi connectivity index (χ0n) is 13.3. The quantitative estimate of drug-likeness (QED) is 0.726. The number of aryl methyl sites for hydroxylation is 3. The van der Waals surface area contributed by atoms with E-state index in [4.69, 9.17) is 0 Å².